The fraction of sp³-hybridized carbons (Fsp3) is 0.737. The van der Waals surface area contributed by atoms with Crippen LogP contribution in [-0.4, -0.2) is 63.4 Å². The molecule has 1 saturated heterocycles. The minimum Gasteiger partial charge on any atom is -0.353 e. The van der Waals surface area contributed by atoms with Crippen molar-refractivity contribution in [3.8, 4) is 0 Å². The van der Waals surface area contributed by atoms with Crippen LogP contribution < -0.4 is 5.32 Å². The van der Waals surface area contributed by atoms with Gasteiger partial charge in [0.15, 0.2) is 0 Å². The van der Waals surface area contributed by atoms with Gasteiger partial charge in [-0.1, -0.05) is 12.8 Å². The average Bonchev–Trinajstić information content (AvgIpc) is 3.28. The smallest absolute Gasteiger partial charge is 0.224 e. The highest BCUT2D eigenvalue weighted by Crippen LogP contribution is 2.24. The molecule has 0 radical (unpaired) electrons. The van der Waals surface area contributed by atoms with Crippen LogP contribution in [0.1, 0.15) is 44.9 Å². The molecule has 7 heteroatoms. The summed E-state index contributed by atoms with van der Waals surface area (Å²) in [6.45, 7) is 5.96. The Hall–Kier alpha value is -1.89. The molecular formula is C19H31N5O2. The number of hydrogen-bond donors (Lipinski definition) is 1. The highest BCUT2D eigenvalue weighted by molar-refractivity contribution is 5.81. The van der Waals surface area contributed by atoms with Gasteiger partial charge in [0, 0.05) is 64.0 Å². The lowest BCUT2D eigenvalue weighted by atomic mass is 10.1. The normalized spacial score (nSPS) is 20.3. The van der Waals surface area contributed by atoms with Crippen molar-refractivity contribution in [3.63, 3.8) is 0 Å². The molecule has 3 rings (SSSR count). The lowest BCUT2D eigenvalue weighted by molar-refractivity contribution is -0.133. The molecule has 2 heterocycles. The molecule has 2 amide bonds. The van der Waals surface area contributed by atoms with Gasteiger partial charge < -0.3 is 14.8 Å². The minimum atomic E-state index is -0.0961. The Bertz CT molecular complexity index is 615. The van der Waals surface area contributed by atoms with E-state index in [1.807, 2.05) is 35.8 Å². The van der Waals surface area contributed by atoms with Crippen molar-refractivity contribution in [2.24, 2.45) is 13.0 Å². The molecule has 1 aliphatic heterocycles. The van der Waals surface area contributed by atoms with Crippen LogP contribution in [0, 0.1) is 5.92 Å². The maximum absolute atomic E-state index is 12.5. The zero-order chi connectivity index (χ0) is 18.5. The molecule has 1 saturated carbocycles. The van der Waals surface area contributed by atoms with Crippen molar-refractivity contribution in [1.29, 1.82) is 0 Å². The predicted molar refractivity (Wildman–Crippen MR) is 99.2 cm³/mol. The summed E-state index contributed by atoms with van der Waals surface area (Å²) in [5.74, 6) is 1.47. The highest BCUT2D eigenvalue weighted by Gasteiger charge is 2.26. The van der Waals surface area contributed by atoms with Gasteiger partial charge in [-0.05, 0) is 19.8 Å². The molecule has 144 valence electrons. The molecule has 1 atom stereocenters. The topological polar surface area (TPSA) is 70.5 Å². The standard InChI is InChI=1S/C19H31N5O2/c1-15(21-19(26)16-5-3-4-6-16)13-18(25)24-11-9-23(10-12-24)14-17-20-7-8-22(17)2/h7-8,15-16H,3-6,9-14H2,1-2H3,(H,21,26). The molecule has 1 aromatic rings. The number of imidazole rings is 1. The Kier molecular flexibility index (Phi) is 6.29. The SMILES string of the molecule is CC(CC(=O)N1CCN(Cc2nccn2C)CC1)NC(=O)C1CCCC1. The van der Waals surface area contributed by atoms with Gasteiger partial charge in [0.2, 0.25) is 11.8 Å². The van der Waals surface area contributed by atoms with Crippen molar-refractivity contribution >= 4 is 11.8 Å². The Morgan fingerprint density at radius 2 is 1.92 bits per heavy atom. The van der Waals surface area contributed by atoms with Crippen LogP contribution in [0.15, 0.2) is 12.4 Å². The van der Waals surface area contributed by atoms with E-state index in [1.165, 1.54) is 0 Å². The number of rotatable bonds is 6. The van der Waals surface area contributed by atoms with Gasteiger partial charge in [-0.2, -0.15) is 0 Å². The first-order valence-electron chi connectivity index (χ1n) is 9.79. The Balaban J connectivity index is 1.39. The van der Waals surface area contributed by atoms with E-state index in [0.717, 1.165) is 64.2 Å². The number of aryl methyl sites for hydroxylation is 1. The number of hydrogen-bond acceptors (Lipinski definition) is 4. The third-order valence-corrected chi connectivity index (χ3v) is 5.61. The van der Waals surface area contributed by atoms with E-state index in [2.05, 4.69) is 15.2 Å². The second-order valence-electron chi connectivity index (χ2n) is 7.71. The molecule has 0 spiro atoms. The summed E-state index contributed by atoms with van der Waals surface area (Å²) >= 11 is 0. The van der Waals surface area contributed by atoms with Crippen LogP contribution in [0.4, 0.5) is 0 Å². The van der Waals surface area contributed by atoms with E-state index in [4.69, 9.17) is 0 Å². The molecule has 26 heavy (non-hydrogen) atoms. The van der Waals surface area contributed by atoms with Gasteiger partial charge in [-0.15, -0.1) is 0 Å². The summed E-state index contributed by atoms with van der Waals surface area (Å²) in [5, 5.41) is 3.03. The summed E-state index contributed by atoms with van der Waals surface area (Å²) in [7, 11) is 2.00. The van der Waals surface area contributed by atoms with E-state index in [9.17, 15) is 9.59 Å². The van der Waals surface area contributed by atoms with Crippen LogP contribution in [-0.2, 0) is 23.2 Å². The lowest BCUT2D eigenvalue weighted by Crippen LogP contribution is -2.50. The van der Waals surface area contributed by atoms with Crippen molar-refractivity contribution in [1.82, 2.24) is 24.7 Å². The Morgan fingerprint density at radius 1 is 1.23 bits per heavy atom. The molecule has 1 N–H and O–H groups in total. The highest BCUT2D eigenvalue weighted by atomic mass is 16.2. The minimum absolute atomic E-state index is 0.0961. The fourth-order valence-electron chi connectivity index (χ4n) is 3.89. The molecule has 2 aliphatic rings. The predicted octanol–water partition coefficient (Wildman–Crippen LogP) is 1.15. The number of amides is 2. The summed E-state index contributed by atoms with van der Waals surface area (Å²) in [6, 6.07) is -0.0961. The van der Waals surface area contributed by atoms with Crippen molar-refractivity contribution in [2.75, 3.05) is 26.2 Å². The number of carbonyl (C=O) groups excluding carboxylic acids is 2. The number of nitrogens with zero attached hydrogens (tertiary/aromatic N) is 4. The zero-order valence-electron chi connectivity index (χ0n) is 16.0. The molecule has 2 fully saturated rings. The van der Waals surface area contributed by atoms with Gasteiger partial charge in [-0.25, -0.2) is 4.98 Å². The van der Waals surface area contributed by atoms with Crippen LogP contribution in [0.2, 0.25) is 0 Å². The molecule has 1 aliphatic carbocycles. The number of carbonyl (C=O) groups is 2. The van der Waals surface area contributed by atoms with E-state index < -0.39 is 0 Å². The molecular weight excluding hydrogens is 330 g/mol. The van der Waals surface area contributed by atoms with Gasteiger partial charge in [0.1, 0.15) is 5.82 Å². The molecule has 1 unspecified atom stereocenters. The first-order chi connectivity index (χ1) is 12.5. The monoisotopic (exact) mass is 361 g/mol. The molecule has 1 aromatic heterocycles. The van der Waals surface area contributed by atoms with Crippen LogP contribution in [0.3, 0.4) is 0 Å². The zero-order valence-corrected chi connectivity index (χ0v) is 16.0. The molecule has 0 aromatic carbocycles. The number of piperazine rings is 1. The van der Waals surface area contributed by atoms with E-state index in [1.54, 1.807) is 0 Å². The van der Waals surface area contributed by atoms with Crippen LogP contribution in [0.25, 0.3) is 0 Å². The van der Waals surface area contributed by atoms with Gasteiger partial charge in [-0.3, -0.25) is 14.5 Å². The lowest BCUT2D eigenvalue weighted by Gasteiger charge is -2.35. The third-order valence-electron chi connectivity index (χ3n) is 5.61. The average molecular weight is 361 g/mol. The van der Waals surface area contributed by atoms with Gasteiger partial charge in [0.05, 0.1) is 6.54 Å². The Labute approximate surface area is 155 Å². The Morgan fingerprint density at radius 3 is 2.54 bits per heavy atom. The summed E-state index contributed by atoms with van der Waals surface area (Å²) < 4.78 is 2.03. The van der Waals surface area contributed by atoms with Crippen molar-refractivity contribution in [2.45, 2.75) is 51.6 Å². The first-order valence-corrected chi connectivity index (χ1v) is 9.79. The summed E-state index contributed by atoms with van der Waals surface area (Å²) in [4.78, 5) is 33.3. The van der Waals surface area contributed by atoms with E-state index >= 15 is 0 Å². The quantitative estimate of drug-likeness (QED) is 0.825. The number of aromatic nitrogens is 2. The first kappa shape index (κ1) is 18.9. The molecule has 0 bridgehead atoms. The maximum Gasteiger partial charge on any atom is 0.224 e. The van der Waals surface area contributed by atoms with Crippen molar-refractivity contribution in [3.05, 3.63) is 18.2 Å². The second kappa shape index (κ2) is 8.66. The maximum atomic E-state index is 12.5. The summed E-state index contributed by atoms with van der Waals surface area (Å²) in [6.07, 6.45) is 8.43. The third kappa shape index (κ3) is 4.84. The number of nitrogens with one attached hydrogen (secondary N) is 1. The van der Waals surface area contributed by atoms with Gasteiger partial charge in [0.25, 0.3) is 0 Å². The second-order valence-corrected chi connectivity index (χ2v) is 7.71. The summed E-state index contributed by atoms with van der Waals surface area (Å²) in [5.41, 5.74) is 0. The van der Waals surface area contributed by atoms with E-state index in [-0.39, 0.29) is 23.8 Å². The van der Waals surface area contributed by atoms with Gasteiger partial charge >= 0.3 is 0 Å². The fourth-order valence-corrected chi connectivity index (χ4v) is 3.89. The van der Waals surface area contributed by atoms with E-state index in [0.29, 0.717) is 6.42 Å². The van der Waals surface area contributed by atoms with Crippen LogP contribution in [0.5, 0.6) is 0 Å². The largest absolute Gasteiger partial charge is 0.353 e. The van der Waals surface area contributed by atoms with Crippen molar-refractivity contribution < 1.29 is 9.59 Å². The molecule has 7 nitrogen and oxygen atoms in total. The van der Waals surface area contributed by atoms with Crippen LogP contribution >= 0.6 is 0 Å².